The van der Waals surface area contributed by atoms with Gasteiger partial charge < -0.3 is 25.9 Å². The first-order valence-electron chi connectivity index (χ1n) is 9.99. The Morgan fingerprint density at radius 3 is 2.91 bits per heavy atom. The molecule has 2 atom stereocenters. The maximum atomic E-state index is 12.7. The van der Waals surface area contributed by atoms with Crippen molar-refractivity contribution in [2.45, 2.75) is 17.8 Å². The first-order chi connectivity index (χ1) is 16.3. The van der Waals surface area contributed by atoms with Gasteiger partial charge >= 0.3 is 5.97 Å². The number of hydrogen-bond acceptors (Lipinski definition) is 10. The number of nitrogen functional groups attached to an aromatic ring is 1. The number of oxime groups is 1. The Labute approximate surface area is 200 Å². The monoisotopic (exact) mass is 510 g/mol. The second kappa shape index (κ2) is 9.80. The van der Waals surface area contributed by atoms with Gasteiger partial charge in [-0.05, 0) is 18.1 Å². The first kappa shape index (κ1) is 23.7. The first-order valence-corrected chi connectivity index (χ1v) is 11.9. The highest BCUT2D eigenvalue weighted by Crippen LogP contribution is 2.41. The number of carbonyl (C=O) groups is 4. The van der Waals surface area contributed by atoms with E-state index in [9.17, 15) is 28.7 Å². The summed E-state index contributed by atoms with van der Waals surface area (Å²) in [5, 5.41) is 16.9. The van der Waals surface area contributed by atoms with Crippen LogP contribution in [-0.4, -0.2) is 86.7 Å². The molecule has 3 aliphatic heterocycles. The third kappa shape index (κ3) is 4.61. The van der Waals surface area contributed by atoms with E-state index >= 15 is 0 Å². The molecular formula is C19H19FN6O6S2. The molecule has 1 aromatic rings. The number of rotatable bonds is 8. The summed E-state index contributed by atoms with van der Waals surface area (Å²) in [5.74, 6) is -2.64. The van der Waals surface area contributed by atoms with Gasteiger partial charge in [0.05, 0.1) is 5.38 Å². The van der Waals surface area contributed by atoms with E-state index in [1.54, 1.807) is 0 Å². The summed E-state index contributed by atoms with van der Waals surface area (Å²) in [7, 11) is 0. The van der Waals surface area contributed by atoms with Gasteiger partial charge in [0.2, 0.25) is 5.91 Å². The van der Waals surface area contributed by atoms with Gasteiger partial charge in [-0.15, -0.1) is 23.1 Å². The van der Waals surface area contributed by atoms with Gasteiger partial charge in [-0.2, -0.15) is 4.98 Å². The number of alkyl halides is 1. The van der Waals surface area contributed by atoms with E-state index in [2.05, 4.69) is 15.5 Å². The lowest BCUT2D eigenvalue weighted by Crippen LogP contribution is -2.70. The summed E-state index contributed by atoms with van der Waals surface area (Å²) in [6.07, 6.45) is 2.67. The van der Waals surface area contributed by atoms with Gasteiger partial charge in [0.15, 0.2) is 5.13 Å². The lowest BCUT2D eigenvalue weighted by Gasteiger charge is -2.49. The highest BCUT2D eigenvalue weighted by molar-refractivity contribution is 8.00. The van der Waals surface area contributed by atoms with Gasteiger partial charge in [-0.1, -0.05) is 5.16 Å². The number of hydrogen-bond donors (Lipinski definition) is 3. The van der Waals surface area contributed by atoms with Crippen molar-refractivity contribution in [1.29, 1.82) is 0 Å². The molecule has 0 aliphatic carbocycles. The molecule has 0 saturated carbocycles. The number of aromatic nitrogens is 1. The van der Waals surface area contributed by atoms with Crippen LogP contribution in [0.1, 0.15) is 6.42 Å². The summed E-state index contributed by atoms with van der Waals surface area (Å²) < 4.78 is 12.6. The van der Waals surface area contributed by atoms with Crippen LogP contribution in [0.25, 0.3) is 0 Å². The molecule has 4 rings (SSSR count). The van der Waals surface area contributed by atoms with Crippen LogP contribution in [-0.2, 0) is 19.2 Å². The summed E-state index contributed by atoms with van der Waals surface area (Å²) >= 11 is 2.39. The predicted octanol–water partition coefficient (Wildman–Crippen LogP) is -0.0433. The third-order valence-electron chi connectivity index (χ3n) is 5.23. The van der Waals surface area contributed by atoms with Crippen LogP contribution >= 0.6 is 23.1 Å². The second-order valence-corrected chi connectivity index (χ2v) is 9.32. The number of β-lactam (4-membered cyclic amide) rings is 1. The zero-order chi connectivity index (χ0) is 24.4. The SMILES string of the molecule is Nc1nc(O/N=C/C(=O)NC2C(=O)N3C(C(=O)O)=C(/C=C4\CCN(CCF)C4=O)CSC23)cs1. The number of aliphatic carboxylic acids is 1. The Morgan fingerprint density at radius 1 is 1.44 bits per heavy atom. The number of likely N-dealkylation sites (tertiary alicyclic amines) is 1. The number of fused-ring (bicyclic) bond motifs is 1. The maximum absolute atomic E-state index is 12.7. The van der Waals surface area contributed by atoms with Crippen LogP contribution in [0.15, 0.2) is 33.5 Å². The van der Waals surface area contributed by atoms with E-state index in [0.717, 1.165) is 22.5 Å². The minimum Gasteiger partial charge on any atom is -0.477 e. The lowest BCUT2D eigenvalue weighted by molar-refractivity contribution is -0.150. The number of carboxylic acids is 1. The smallest absolute Gasteiger partial charge is 0.352 e. The number of thioether (sulfide) groups is 1. The minimum absolute atomic E-state index is 0.0179. The average molecular weight is 511 g/mol. The molecule has 15 heteroatoms. The number of carbonyl (C=O) groups excluding carboxylic acids is 3. The van der Waals surface area contributed by atoms with Crippen molar-refractivity contribution in [2.24, 2.45) is 5.16 Å². The van der Waals surface area contributed by atoms with Gasteiger partial charge in [0, 0.05) is 24.4 Å². The fourth-order valence-electron chi connectivity index (χ4n) is 3.71. The highest BCUT2D eigenvalue weighted by atomic mass is 32.2. The van der Waals surface area contributed by atoms with Crippen molar-refractivity contribution in [2.75, 3.05) is 31.3 Å². The molecule has 180 valence electrons. The second-order valence-electron chi connectivity index (χ2n) is 7.33. The molecule has 0 bridgehead atoms. The molecule has 0 spiro atoms. The molecule has 0 radical (unpaired) electrons. The molecule has 3 amide bonds. The van der Waals surface area contributed by atoms with Crippen LogP contribution in [0.2, 0.25) is 0 Å². The standard InChI is InChI=1S/C19H19FN6O6S2/c20-2-4-25-3-1-9(15(25)28)5-10-7-33-17-13(16(29)26(17)14(10)18(30)31)23-11(27)6-22-32-12-8-34-19(21)24-12/h5-6,8,13,17H,1-4,7H2,(H2,21,24)(H,23,27)(H,30,31)/b9-5+,22-6+. The van der Waals surface area contributed by atoms with Crippen molar-refractivity contribution in [3.8, 4) is 5.88 Å². The van der Waals surface area contributed by atoms with Crippen LogP contribution < -0.4 is 15.9 Å². The quantitative estimate of drug-likeness (QED) is 0.188. The van der Waals surface area contributed by atoms with Gasteiger partial charge in [0.25, 0.3) is 17.7 Å². The number of nitrogens with one attached hydrogen (secondary N) is 1. The Bertz CT molecular complexity index is 1130. The number of nitrogens with two attached hydrogens (primary N) is 1. The van der Waals surface area contributed by atoms with Crippen molar-refractivity contribution in [1.82, 2.24) is 20.1 Å². The Morgan fingerprint density at radius 2 is 2.24 bits per heavy atom. The maximum Gasteiger partial charge on any atom is 0.352 e. The van der Waals surface area contributed by atoms with Gasteiger partial charge in [-0.25, -0.2) is 9.18 Å². The molecule has 1 aromatic heterocycles. The van der Waals surface area contributed by atoms with Gasteiger partial charge in [0.1, 0.15) is 30.0 Å². The van der Waals surface area contributed by atoms with Crippen LogP contribution in [0.3, 0.4) is 0 Å². The van der Waals surface area contributed by atoms with Crippen molar-refractivity contribution >= 4 is 58.1 Å². The lowest BCUT2D eigenvalue weighted by atomic mass is 10.0. The summed E-state index contributed by atoms with van der Waals surface area (Å²) in [4.78, 5) is 60.3. The molecule has 2 unspecified atom stereocenters. The van der Waals surface area contributed by atoms with Crippen molar-refractivity contribution in [3.63, 3.8) is 0 Å². The Hall–Kier alpha value is -3.46. The largest absolute Gasteiger partial charge is 0.477 e. The molecule has 34 heavy (non-hydrogen) atoms. The molecule has 4 N–H and O–H groups in total. The summed E-state index contributed by atoms with van der Waals surface area (Å²) in [5.41, 5.74) is 5.91. The fraction of sp³-hybridized carbons (Fsp3) is 0.368. The molecule has 3 aliphatic rings. The van der Waals surface area contributed by atoms with Crippen LogP contribution in [0, 0.1) is 0 Å². The summed E-state index contributed by atoms with van der Waals surface area (Å²) in [6.45, 7) is -0.320. The molecule has 0 aromatic carbocycles. The topological polar surface area (TPSA) is 168 Å². The number of allylic oxidation sites excluding steroid dienone is 1. The average Bonchev–Trinajstić information content (AvgIpc) is 3.37. The minimum atomic E-state index is -1.32. The van der Waals surface area contributed by atoms with Crippen LogP contribution in [0.4, 0.5) is 9.52 Å². The molecule has 2 saturated heterocycles. The fourth-order valence-corrected chi connectivity index (χ4v) is 5.48. The normalized spacial score (nSPS) is 23.5. The Kier molecular flexibility index (Phi) is 6.83. The molecule has 2 fully saturated rings. The van der Waals surface area contributed by atoms with Crippen molar-refractivity contribution in [3.05, 3.63) is 28.3 Å². The number of carboxylic acid groups (broad SMARTS) is 1. The highest BCUT2D eigenvalue weighted by Gasteiger charge is 2.54. The molecular weight excluding hydrogens is 491 g/mol. The molecule has 12 nitrogen and oxygen atoms in total. The predicted molar refractivity (Wildman–Crippen MR) is 121 cm³/mol. The number of thiazole rings is 1. The number of halogens is 1. The Balaban J connectivity index is 1.43. The van der Waals surface area contributed by atoms with Crippen LogP contribution in [0.5, 0.6) is 5.88 Å². The van der Waals surface area contributed by atoms with E-state index in [1.807, 2.05) is 0 Å². The van der Waals surface area contributed by atoms with E-state index in [0.29, 0.717) is 24.1 Å². The third-order valence-corrected chi connectivity index (χ3v) is 7.19. The van der Waals surface area contributed by atoms with E-state index in [1.165, 1.54) is 28.1 Å². The summed E-state index contributed by atoms with van der Waals surface area (Å²) in [6, 6.07) is -0.949. The zero-order valence-corrected chi connectivity index (χ0v) is 19.1. The number of nitrogens with zero attached hydrogens (tertiary/aromatic N) is 4. The van der Waals surface area contributed by atoms with E-state index in [-0.39, 0.29) is 34.9 Å². The van der Waals surface area contributed by atoms with E-state index < -0.39 is 35.9 Å². The van der Waals surface area contributed by atoms with Gasteiger partial charge in [-0.3, -0.25) is 19.3 Å². The zero-order valence-electron chi connectivity index (χ0n) is 17.5. The number of amides is 3. The molecule has 4 heterocycles. The van der Waals surface area contributed by atoms with E-state index in [4.69, 9.17) is 10.6 Å². The number of anilines is 1. The van der Waals surface area contributed by atoms with Crippen molar-refractivity contribution < 1.29 is 33.5 Å².